The van der Waals surface area contributed by atoms with Crippen molar-refractivity contribution < 1.29 is 4.39 Å². The third kappa shape index (κ3) is 2.73. The second-order valence-electron chi connectivity index (χ2n) is 4.90. The number of nitrogens with one attached hydrogen (secondary N) is 1. The number of nitrogen functional groups attached to an aromatic ring is 1. The molecule has 1 aliphatic rings. The molecule has 0 radical (unpaired) electrons. The summed E-state index contributed by atoms with van der Waals surface area (Å²) < 4.78 is 13.9. The van der Waals surface area contributed by atoms with Gasteiger partial charge < -0.3 is 5.43 Å². The number of nitrogens with zero attached hydrogens (tertiary/aromatic N) is 2. The Labute approximate surface area is 121 Å². The number of hydrazine groups is 1. The van der Waals surface area contributed by atoms with Gasteiger partial charge in [0.1, 0.15) is 17.5 Å². The molecule has 0 unspecified atom stereocenters. The lowest BCUT2D eigenvalue weighted by Crippen LogP contribution is -2.12. The summed E-state index contributed by atoms with van der Waals surface area (Å²) in [6.07, 6.45) is 2.56. The standard InChI is InChI=1S/C14H14ClFN4/c15-10-3-1-2-9(14(10)16)6-12-18-11(8-4-5-8)7-13(19-12)20-17/h1-3,7-8H,4-6,17H2,(H,18,19,20). The van der Waals surface area contributed by atoms with Crippen molar-refractivity contribution in [1.82, 2.24) is 9.97 Å². The second kappa shape index (κ2) is 5.34. The summed E-state index contributed by atoms with van der Waals surface area (Å²) in [6, 6.07) is 6.77. The number of halogens is 2. The molecule has 2 aromatic rings. The van der Waals surface area contributed by atoms with Crippen LogP contribution < -0.4 is 11.3 Å². The van der Waals surface area contributed by atoms with E-state index in [2.05, 4.69) is 15.4 Å². The molecule has 3 N–H and O–H groups in total. The van der Waals surface area contributed by atoms with Crippen LogP contribution in [0.3, 0.4) is 0 Å². The van der Waals surface area contributed by atoms with Gasteiger partial charge in [0.25, 0.3) is 0 Å². The zero-order chi connectivity index (χ0) is 14.1. The number of aromatic nitrogens is 2. The van der Waals surface area contributed by atoms with Crippen LogP contribution in [0.5, 0.6) is 0 Å². The molecule has 20 heavy (non-hydrogen) atoms. The lowest BCUT2D eigenvalue weighted by atomic mass is 10.1. The molecule has 104 valence electrons. The van der Waals surface area contributed by atoms with Crippen LogP contribution in [-0.2, 0) is 6.42 Å². The van der Waals surface area contributed by atoms with E-state index in [4.69, 9.17) is 17.4 Å². The van der Waals surface area contributed by atoms with Gasteiger partial charge in [-0.05, 0) is 24.5 Å². The van der Waals surface area contributed by atoms with Gasteiger partial charge in [0.15, 0.2) is 0 Å². The zero-order valence-electron chi connectivity index (χ0n) is 10.7. The van der Waals surface area contributed by atoms with Crippen LogP contribution in [-0.4, -0.2) is 9.97 Å². The van der Waals surface area contributed by atoms with Crippen molar-refractivity contribution >= 4 is 17.4 Å². The minimum absolute atomic E-state index is 0.109. The highest BCUT2D eigenvalue weighted by Gasteiger charge is 2.26. The van der Waals surface area contributed by atoms with Gasteiger partial charge in [-0.15, -0.1) is 0 Å². The maximum absolute atomic E-state index is 13.9. The molecule has 1 heterocycles. The minimum atomic E-state index is -0.420. The summed E-state index contributed by atoms with van der Waals surface area (Å²) in [6.45, 7) is 0. The highest BCUT2D eigenvalue weighted by Crippen LogP contribution is 2.39. The molecule has 0 saturated heterocycles. The second-order valence-corrected chi connectivity index (χ2v) is 5.31. The van der Waals surface area contributed by atoms with Gasteiger partial charge in [-0.2, -0.15) is 0 Å². The van der Waals surface area contributed by atoms with E-state index < -0.39 is 5.82 Å². The van der Waals surface area contributed by atoms with Crippen molar-refractivity contribution in [2.75, 3.05) is 5.43 Å². The Morgan fingerprint density at radius 1 is 1.35 bits per heavy atom. The van der Waals surface area contributed by atoms with Crippen molar-refractivity contribution in [3.8, 4) is 0 Å². The SMILES string of the molecule is NNc1cc(C2CC2)nc(Cc2cccc(Cl)c2F)n1. The zero-order valence-corrected chi connectivity index (χ0v) is 11.5. The molecule has 1 aliphatic carbocycles. The van der Waals surface area contributed by atoms with E-state index >= 15 is 0 Å². The monoisotopic (exact) mass is 292 g/mol. The molecular formula is C14H14ClFN4. The summed E-state index contributed by atoms with van der Waals surface area (Å²) >= 11 is 5.78. The van der Waals surface area contributed by atoms with E-state index in [9.17, 15) is 4.39 Å². The number of nitrogens with two attached hydrogens (primary N) is 1. The lowest BCUT2D eigenvalue weighted by Gasteiger charge is -2.08. The van der Waals surface area contributed by atoms with Crippen LogP contribution in [0.1, 0.15) is 35.8 Å². The van der Waals surface area contributed by atoms with E-state index in [0.29, 0.717) is 29.5 Å². The largest absolute Gasteiger partial charge is 0.308 e. The number of anilines is 1. The quantitative estimate of drug-likeness (QED) is 0.671. The molecule has 0 atom stereocenters. The topological polar surface area (TPSA) is 63.8 Å². The van der Waals surface area contributed by atoms with Gasteiger partial charge in [0.05, 0.1) is 5.02 Å². The summed E-state index contributed by atoms with van der Waals surface area (Å²) in [4.78, 5) is 8.76. The highest BCUT2D eigenvalue weighted by molar-refractivity contribution is 6.30. The molecule has 4 nitrogen and oxygen atoms in total. The fourth-order valence-electron chi connectivity index (χ4n) is 2.11. The van der Waals surface area contributed by atoms with Crippen molar-refractivity contribution in [1.29, 1.82) is 0 Å². The van der Waals surface area contributed by atoms with E-state index in [-0.39, 0.29) is 5.02 Å². The van der Waals surface area contributed by atoms with Crippen molar-refractivity contribution in [3.05, 3.63) is 52.2 Å². The first-order valence-corrected chi connectivity index (χ1v) is 6.82. The summed E-state index contributed by atoms with van der Waals surface area (Å²) in [5.74, 6) is 6.58. The fourth-order valence-corrected chi connectivity index (χ4v) is 2.31. The summed E-state index contributed by atoms with van der Waals surface area (Å²) in [7, 11) is 0. The van der Waals surface area contributed by atoms with Crippen LogP contribution in [0, 0.1) is 5.82 Å². The Balaban J connectivity index is 1.93. The van der Waals surface area contributed by atoms with Crippen molar-refractivity contribution in [2.45, 2.75) is 25.2 Å². The molecule has 0 amide bonds. The predicted molar refractivity (Wildman–Crippen MR) is 76.0 cm³/mol. The van der Waals surface area contributed by atoms with Gasteiger partial charge in [-0.25, -0.2) is 20.2 Å². The molecule has 1 aromatic carbocycles. The average Bonchev–Trinajstić information content (AvgIpc) is 3.28. The number of hydrogen-bond donors (Lipinski definition) is 2. The Kier molecular flexibility index (Phi) is 3.54. The van der Waals surface area contributed by atoms with E-state index in [1.165, 1.54) is 6.07 Å². The Morgan fingerprint density at radius 2 is 2.15 bits per heavy atom. The molecule has 1 aromatic heterocycles. The predicted octanol–water partition coefficient (Wildman–Crippen LogP) is 3.02. The Hall–Kier alpha value is -1.72. The third-order valence-corrected chi connectivity index (χ3v) is 3.61. The first-order valence-electron chi connectivity index (χ1n) is 6.44. The van der Waals surface area contributed by atoms with Gasteiger partial charge in [0, 0.05) is 24.1 Å². The first kappa shape index (κ1) is 13.3. The molecule has 0 aliphatic heterocycles. The van der Waals surface area contributed by atoms with E-state index in [0.717, 1.165) is 18.5 Å². The normalized spacial score (nSPS) is 14.3. The molecular weight excluding hydrogens is 279 g/mol. The van der Waals surface area contributed by atoms with Gasteiger partial charge >= 0.3 is 0 Å². The fraction of sp³-hybridized carbons (Fsp3) is 0.286. The molecule has 3 rings (SSSR count). The van der Waals surface area contributed by atoms with E-state index in [1.54, 1.807) is 12.1 Å². The first-order chi connectivity index (χ1) is 9.67. The van der Waals surface area contributed by atoms with Gasteiger partial charge in [-0.3, -0.25) is 0 Å². The summed E-state index contributed by atoms with van der Waals surface area (Å²) in [5.41, 5.74) is 3.97. The molecule has 0 bridgehead atoms. The van der Waals surface area contributed by atoms with Gasteiger partial charge in [0.2, 0.25) is 0 Å². The van der Waals surface area contributed by atoms with Crippen molar-refractivity contribution in [3.63, 3.8) is 0 Å². The smallest absolute Gasteiger partial charge is 0.145 e. The highest BCUT2D eigenvalue weighted by atomic mass is 35.5. The van der Waals surface area contributed by atoms with E-state index in [1.807, 2.05) is 6.07 Å². The third-order valence-electron chi connectivity index (χ3n) is 3.32. The lowest BCUT2D eigenvalue weighted by molar-refractivity contribution is 0.612. The maximum Gasteiger partial charge on any atom is 0.145 e. The molecule has 1 fully saturated rings. The molecule has 1 saturated carbocycles. The molecule has 6 heteroatoms. The van der Waals surface area contributed by atoms with Gasteiger partial charge in [-0.1, -0.05) is 23.7 Å². The Bertz CT molecular complexity index is 643. The minimum Gasteiger partial charge on any atom is -0.308 e. The molecule has 0 spiro atoms. The number of hydrogen-bond acceptors (Lipinski definition) is 4. The number of benzene rings is 1. The Morgan fingerprint density at radius 3 is 2.85 bits per heavy atom. The van der Waals surface area contributed by atoms with Crippen LogP contribution in [0.4, 0.5) is 10.2 Å². The van der Waals surface area contributed by atoms with Crippen molar-refractivity contribution in [2.24, 2.45) is 5.84 Å². The van der Waals surface area contributed by atoms with Crippen LogP contribution in [0.15, 0.2) is 24.3 Å². The number of rotatable bonds is 4. The average molecular weight is 293 g/mol. The maximum atomic E-state index is 13.9. The van der Waals surface area contributed by atoms with Crippen LogP contribution >= 0.6 is 11.6 Å². The van der Waals surface area contributed by atoms with Crippen LogP contribution in [0.25, 0.3) is 0 Å². The van der Waals surface area contributed by atoms with Crippen LogP contribution in [0.2, 0.25) is 5.02 Å². The summed E-state index contributed by atoms with van der Waals surface area (Å²) in [5, 5.41) is 0.109.